The number of carbonyl (C=O) groups is 2. The Morgan fingerprint density at radius 1 is 1.04 bits per heavy atom. The van der Waals surface area contributed by atoms with Gasteiger partial charge >= 0.3 is 5.97 Å². The van der Waals surface area contributed by atoms with Gasteiger partial charge in [-0.1, -0.05) is 24.3 Å². The second kappa shape index (κ2) is 8.88. The molecule has 2 aromatic carbocycles. The van der Waals surface area contributed by atoms with Crippen molar-refractivity contribution < 1.29 is 22.7 Å². The summed E-state index contributed by atoms with van der Waals surface area (Å²) in [5.41, 5.74) is 0.590. The predicted octanol–water partition coefficient (Wildman–Crippen LogP) is 2.54. The molecule has 0 unspecified atom stereocenters. The highest BCUT2D eigenvalue weighted by atomic mass is 32.2. The Balaban J connectivity index is 2.31. The first-order chi connectivity index (χ1) is 13.2. The van der Waals surface area contributed by atoms with E-state index >= 15 is 0 Å². The number of hydrogen-bond donors (Lipinski definition) is 0. The molecule has 0 heterocycles. The number of ether oxygens (including phenoxy) is 1. The monoisotopic (exact) mass is 404 g/mol. The molecule has 1 amide bonds. The van der Waals surface area contributed by atoms with Crippen LogP contribution in [-0.2, 0) is 19.6 Å². The van der Waals surface area contributed by atoms with E-state index in [0.29, 0.717) is 5.69 Å². The molecule has 0 spiro atoms. The Morgan fingerprint density at radius 2 is 1.68 bits per heavy atom. The highest BCUT2D eigenvalue weighted by Gasteiger charge is 2.26. The summed E-state index contributed by atoms with van der Waals surface area (Å²) in [4.78, 5) is 25.5. The van der Waals surface area contributed by atoms with E-state index in [0.717, 1.165) is 0 Å². The number of hydrogen-bond acceptors (Lipinski definition) is 5. The molecule has 0 radical (unpaired) electrons. The van der Waals surface area contributed by atoms with Gasteiger partial charge in [-0.15, -0.1) is 0 Å². The first-order valence-corrected chi connectivity index (χ1v) is 10.2. The molecule has 0 saturated heterocycles. The third-order valence-electron chi connectivity index (χ3n) is 4.06. The summed E-state index contributed by atoms with van der Waals surface area (Å²) in [6.45, 7) is 3.43. The maximum atomic E-state index is 13.1. The van der Waals surface area contributed by atoms with Crippen LogP contribution in [0.15, 0.2) is 59.5 Å². The average Bonchev–Trinajstić information content (AvgIpc) is 2.68. The van der Waals surface area contributed by atoms with Gasteiger partial charge in [-0.3, -0.25) is 9.10 Å². The van der Waals surface area contributed by atoms with E-state index in [1.54, 1.807) is 51.4 Å². The number of carbonyl (C=O) groups excluding carboxylic acids is 2. The van der Waals surface area contributed by atoms with Gasteiger partial charge in [0.1, 0.15) is 0 Å². The molecule has 0 N–H and O–H groups in total. The predicted molar refractivity (Wildman–Crippen MR) is 107 cm³/mol. The summed E-state index contributed by atoms with van der Waals surface area (Å²) in [5.74, 6) is -1.12. The second-order valence-corrected chi connectivity index (χ2v) is 8.18. The van der Waals surface area contributed by atoms with Crippen molar-refractivity contribution in [2.45, 2.75) is 24.8 Å². The Labute approximate surface area is 165 Å². The lowest BCUT2D eigenvalue weighted by molar-refractivity contribution is -0.137. The SMILES string of the molecule is CCN(c1ccccc1)S(=O)(=O)c1cccc(C(=O)O[C@@H](C)C(=O)N(C)C)c1. The number of esters is 1. The molecular weight excluding hydrogens is 380 g/mol. The summed E-state index contributed by atoms with van der Waals surface area (Å²) < 4.78 is 32.6. The molecule has 150 valence electrons. The fourth-order valence-electron chi connectivity index (χ4n) is 2.64. The largest absolute Gasteiger partial charge is 0.449 e. The maximum Gasteiger partial charge on any atom is 0.338 e. The van der Waals surface area contributed by atoms with Crippen molar-refractivity contribution in [3.63, 3.8) is 0 Å². The standard InChI is InChI=1S/C20H24N2O5S/c1-5-22(17-11-7-6-8-12-17)28(25,26)18-13-9-10-16(14-18)20(24)27-15(2)19(23)21(3)4/h6-15H,5H2,1-4H3/t15-/m0/s1. The quantitative estimate of drug-likeness (QED) is 0.662. The van der Waals surface area contributed by atoms with Crippen LogP contribution in [0.2, 0.25) is 0 Å². The molecule has 7 nitrogen and oxygen atoms in total. The molecular formula is C20H24N2O5S. The molecule has 2 rings (SSSR count). The summed E-state index contributed by atoms with van der Waals surface area (Å²) >= 11 is 0. The Kier molecular flexibility index (Phi) is 6.80. The lowest BCUT2D eigenvalue weighted by Gasteiger charge is -2.23. The van der Waals surface area contributed by atoms with E-state index in [2.05, 4.69) is 0 Å². The number of anilines is 1. The van der Waals surface area contributed by atoms with Crippen LogP contribution in [0, 0.1) is 0 Å². The number of para-hydroxylation sites is 1. The number of benzene rings is 2. The molecule has 0 fully saturated rings. The summed E-state index contributed by atoms with van der Waals surface area (Å²) in [6, 6.07) is 14.3. The minimum absolute atomic E-state index is 0.0285. The summed E-state index contributed by atoms with van der Waals surface area (Å²) in [7, 11) is -0.751. The van der Waals surface area contributed by atoms with E-state index in [-0.39, 0.29) is 22.9 Å². The maximum absolute atomic E-state index is 13.1. The minimum Gasteiger partial charge on any atom is -0.449 e. The van der Waals surface area contributed by atoms with Crippen LogP contribution in [0.1, 0.15) is 24.2 Å². The zero-order valence-corrected chi connectivity index (χ0v) is 17.1. The van der Waals surface area contributed by atoms with Crippen LogP contribution in [0.4, 0.5) is 5.69 Å². The highest BCUT2D eigenvalue weighted by molar-refractivity contribution is 7.92. The van der Waals surface area contributed by atoms with Crippen molar-refractivity contribution in [3.05, 3.63) is 60.2 Å². The van der Waals surface area contributed by atoms with E-state index in [4.69, 9.17) is 4.74 Å². The molecule has 0 saturated carbocycles. The lowest BCUT2D eigenvalue weighted by Crippen LogP contribution is -2.35. The Morgan fingerprint density at radius 3 is 2.25 bits per heavy atom. The van der Waals surface area contributed by atoms with Crippen LogP contribution >= 0.6 is 0 Å². The van der Waals surface area contributed by atoms with Gasteiger partial charge < -0.3 is 9.64 Å². The number of nitrogens with zero attached hydrogens (tertiary/aromatic N) is 2. The first-order valence-electron chi connectivity index (χ1n) is 8.78. The van der Waals surface area contributed by atoms with Gasteiger partial charge in [-0.25, -0.2) is 13.2 Å². The zero-order valence-electron chi connectivity index (χ0n) is 16.3. The van der Waals surface area contributed by atoms with Crippen molar-refractivity contribution >= 4 is 27.6 Å². The van der Waals surface area contributed by atoms with Gasteiger partial charge in [0.2, 0.25) is 0 Å². The van der Waals surface area contributed by atoms with Gasteiger partial charge in [-0.2, -0.15) is 0 Å². The molecule has 0 aliphatic carbocycles. The zero-order chi connectivity index (χ0) is 20.9. The van der Waals surface area contributed by atoms with Crippen molar-refractivity contribution in [2.75, 3.05) is 24.9 Å². The smallest absolute Gasteiger partial charge is 0.338 e. The number of rotatable bonds is 7. The lowest BCUT2D eigenvalue weighted by atomic mass is 10.2. The van der Waals surface area contributed by atoms with E-state index in [1.807, 2.05) is 0 Å². The van der Waals surface area contributed by atoms with Crippen LogP contribution in [0.25, 0.3) is 0 Å². The van der Waals surface area contributed by atoms with E-state index in [9.17, 15) is 18.0 Å². The number of likely N-dealkylation sites (N-methyl/N-ethyl adjacent to an activating group) is 1. The van der Waals surface area contributed by atoms with Gasteiger partial charge in [-0.05, 0) is 44.2 Å². The minimum atomic E-state index is -3.87. The fraction of sp³-hybridized carbons (Fsp3) is 0.300. The molecule has 8 heteroatoms. The normalized spacial score (nSPS) is 12.1. The van der Waals surface area contributed by atoms with Gasteiger partial charge in [0, 0.05) is 20.6 Å². The molecule has 28 heavy (non-hydrogen) atoms. The molecule has 2 aromatic rings. The first kappa shape index (κ1) is 21.4. The molecule has 0 aromatic heterocycles. The molecule has 0 aliphatic heterocycles. The van der Waals surface area contributed by atoms with E-state index < -0.39 is 22.1 Å². The van der Waals surface area contributed by atoms with Crippen molar-refractivity contribution in [1.29, 1.82) is 0 Å². The van der Waals surface area contributed by atoms with Crippen LogP contribution in [0.3, 0.4) is 0 Å². The van der Waals surface area contributed by atoms with Crippen LogP contribution in [0.5, 0.6) is 0 Å². The Bertz CT molecular complexity index is 942. The van der Waals surface area contributed by atoms with Crippen molar-refractivity contribution in [3.8, 4) is 0 Å². The molecule has 1 atom stereocenters. The molecule has 0 bridgehead atoms. The Hall–Kier alpha value is -2.87. The summed E-state index contributed by atoms with van der Waals surface area (Å²) in [6.07, 6.45) is -0.973. The second-order valence-electron chi connectivity index (χ2n) is 6.31. The highest BCUT2D eigenvalue weighted by Crippen LogP contribution is 2.24. The van der Waals surface area contributed by atoms with Crippen LogP contribution in [-0.4, -0.2) is 51.9 Å². The summed E-state index contributed by atoms with van der Waals surface area (Å²) in [5, 5.41) is 0. The van der Waals surface area contributed by atoms with Gasteiger partial charge in [0.25, 0.3) is 15.9 Å². The van der Waals surface area contributed by atoms with Crippen molar-refractivity contribution in [2.24, 2.45) is 0 Å². The fourth-order valence-corrected chi connectivity index (χ4v) is 4.16. The average molecular weight is 404 g/mol. The van der Waals surface area contributed by atoms with Gasteiger partial charge in [0.15, 0.2) is 6.10 Å². The van der Waals surface area contributed by atoms with E-state index in [1.165, 1.54) is 40.4 Å². The topological polar surface area (TPSA) is 84.0 Å². The number of amides is 1. The third kappa shape index (κ3) is 4.69. The third-order valence-corrected chi connectivity index (χ3v) is 5.96. The van der Waals surface area contributed by atoms with Crippen molar-refractivity contribution in [1.82, 2.24) is 4.90 Å². The van der Waals surface area contributed by atoms with Gasteiger partial charge in [0.05, 0.1) is 16.1 Å². The molecule has 0 aliphatic rings. The van der Waals surface area contributed by atoms with Crippen LogP contribution < -0.4 is 4.31 Å². The number of sulfonamides is 1.